The van der Waals surface area contributed by atoms with Crippen LogP contribution in [-0.4, -0.2) is 10.9 Å². The molecule has 0 saturated carbocycles. The lowest BCUT2D eigenvalue weighted by Gasteiger charge is -2.04. The van der Waals surface area contributed by atoms with Crippen molar-refractivity contribution in [2.75, 3.05) is 5.32 Å². The number of thiazole rings is 1. The standard InChI is InChI=1S/C18H15N3OS/c19-12-13-5-3-6-14(11-13)20-17(22)9-4-10-18-21-15-7-1-2-8-16(15)23-18/h1-3,5-8,11H,4,9-10H2,(H,20,22). The SMILES string of the molecule is N#Cc1cccc(NC(=O)CCCc2nc3ccccc3s2)c1. The summed E-state index contributed by atoms with van der Waals surface area (Å²) in [6, 6.07) is 17.0. The number of nitriles is 1. The fourth-order valence-corrected chi connectivity index (χ4v) is 3.33. The van der Waals surface area contributed by atoms with Crippen LogP contribution >= 0.6 is 11.3 Å². The number of anilines is 1. The molecular weight excluding hydrogens is 306 g/mol. The maximum Gasteiger partial charge on any atom is 0.224 e. The van der Waals surface area contributed by atoms with Crippen molar-refractivity contribution in [3.05, 3.63) is 59.1 Å². The first-order valence-electron chi connectivity index (χ1n) is 7.39. The zero-order valence-corrected chi connectivity index (χ0v) is 13.3. The number of nitrogens with one attached hydrogen (secondary N) is 1. The Kier molecular flexibility index (Phi) is 4.65. The molecule has 0 saturated heterocycles. The molecule has 0 aliphatic carbocycles. The highest BCUT2D eigenvalue weighted by Gasteiger charge is 2.06. The van der Waals surface area contributed by atoms with Crippen molar-refractivity contribution in [1.82, 2.24) is 4.98 Å². The summed E-state index contributed by atoms with van der Waals surface area (Å²) >= 11 is 1.68. The third-order valence-corrected chi connectivity index (χ3v) is 4.50. The molecule has 3 rings (SSSR count). The molecule has 114 valence electrons. The van der Waals surface area contributed by atoms with Gasteiger partial charge in [-0.3, -0.25) is 4.79 Å². The molecule has 23 heavy (non-hydrogen) atoms. The first kappa shape index (κ1) is 15.2. The summed E-state index contributed by atoms with van der Waals surface area (Å²) in [6.45, 7) is 0. The van der Waals surface area contributed by atoms with Crippen LogP contribution in [0.4, 0.5) is 5.69 Å². The number of rotatable bonds is 5. The van der Waals surface area contributed by atoms with Crippen LogP contribution in [0.5, 0.6) is 0 Å². The molecule has 0 bridgehead atoms. The predicted molar refractivity (Wildman–Crippen MR) is 92.3 cm³/mol. The molecule has 0 aliphatic heterocycles. The van der Waals surface area contributed by atoms with Crippen molar-refractivity contribution in [1.29, 1.82) is 5.26 Å². The van der Waals surface area contributed by atoms with E-state index in [1.54, 1.807) is 35.6 Å². The largest absolute Gasteiger partial charge is 0.326 e. The fourth-order valence-electron chi connectivity index (χ4n) is 2.32. The van der Waals surface area contributed by atoms with E-state index in [4.69, 9.17) is 5.26 Å². The maximum atomic E-state index is 12.0. The Labute approximate surface area is 138 Å². The zero-order chi connectivity index (χ0) is 16.1. The van der Waals surface area contributed by atoms with Crippen molar-refractivity contribution in [3.8, 4) is 6.07 Å². The number of carbonyl (C=O) groups is 1. The van der Waals surface area contributed by atoms with Crippen LogP contribution in [0.25, 0.3) is 10.2 Å². The minimum absolute atomic E-state index is 0.0406. The molecule has 0 radical (unpaired) electrons. The summed E-state index contributed by atoms with van der Waals surface area (Å²) < 4.78 is 1.18. The molecule has 0 fully saturated rings. The molecule has 1 heterocycles. The highest BCUT2D eigenvalue weighted by molar-refractivity contribution is 7.18. The Morgan fingerprint density at radius 2 is 2.09 bits per heavy atom. The molecule has 2 aromatic carbocycles. The van der Waals surface area contributed by atoms with Gasteiger partial charge in [-0.15, -0.1) is 11.3 Å². The molecule has 3 aromatic rings. The van der Waals surface area contributed by atoms with Gasteiger partial charge in [0.2, 0.25) is 5.91 Å². The third-order valence-electron chi connectivity index (χ3n) is 3.41. The Balaban J connectivity index is 1.52. The number of benzene rings is 2. The number of nitrogens with zero attached hydrogens (tertiary/aromatic N) is 2. The predicted octanol–water partition coefficient (Wildman–Crippen LogP) is 4.13. The van der Waals surface area contributed by atoms with Crippen molar-refractivity contribution in [2.24, 2.45) is 0 Å². The molecule has 4 nitrogen and oxygen atoms in total. The number of aryl methyl sites for hydroxylation is 1. The monoisotopic (exact) mass is 321 g/mol. The van der Waals surface area contributed by atoms with E-state index in [1.807, 2.05) is 18.2 Å². The van der Waals surface area contributed by atoms with Crippen molar-refractivity contribution in [3.63, 3.8) is 0 Å². The van der Waals surface area contributed by atoms with Gasteiger partial charge in [0.15, 0.2) is 0 Å². The number of aromatic nitrogens is 1. The van der Waals surface area contributed by atoms with Crippen molar-refractivity contribution in [2.45, 2.75) is 19.3 Å². The number of hydrogen-bond acceptors (Lipinski definition) is 4. The lowest BCUT2D eigenvalue weighted by molar-refractivity contribution is -0.116. The van der Waals surface area contributed by atoms with Gasteiger partial charge in [-0.25, -0.2) is 4.98 Å². The van der Waals surface area contributed by atoms with E-state index in [0.29, 0.717) is 17.7 Å². The lowest BCUT2D eigenvalue weighted by atomic mass is 10.2. The van der Waals surface area contributed by atoms with Crippen LogP contribution in [0.2, 0.25) is 0 Å². The van der Waals surface area contributed by atoms with E-state index in [0.717, 1.165) is 23.4 Å². The van der Waals surface area contributed by atoms with Crippen molar-refractivity contribution >= 4 is 33.1 Å². The van der Waals surface area contributed by atoms with Gasteiger partial charge in [-0.05, 0) is 43.2 Å². The van der Waals surface area contributed by atoms with E-state index in [9.17, 15) is 4.79 Å². The number of hydrogen-bond donors (Lipinski definition) is 1. The van der Waals surface area contributed by atoms with Crippen LogP contribution in [0.1, 0.15) is 23.4 Å². The van der Waals surface area contributed by atoms with Gasteiger partial charge in [0.25, 0.3) is 0 Å². The number of para-hydroxylation sites is 1. The summed E-state index contributed by atoms with van der Waals surface area (Å²) in [5.74, 6) is -0.0406. The van der Waals surface area contributed by atoms with Crippen LogP contribution in [0.15, 0.2) is 48.5 Å². The summed E-state index contributed by atoms with van der Waals surface area (Å²) in [7, 11) is 0. The Morgan fingerprint density at radius 1 is 1.22 bits per heavy atom. The first-order valence-corrected chi connectivity index (χ1v) is 8.21. The van der Waals surface area contributed by atoms with Gasteiger partial charge in [-0.1, -0.05) is 18.2 Å². The van der Waals surface area contributed by atoms with E-state index in [1.165, 1.54) is 4.70 Å². The molecule has 1 amide bonds. The average Bonchev–Trinajstić information content (AvgIpc) is 2.97. The summed E-state index contributed by atoms with van der Waals surface area (Å²) in [6.07, 6.45) is 1.99. The normalized spacial score (nSPS) is 10.4. The third kappa shape index (κ3) is 3.93. The lowest BCUT2D eigenvalue weighted by Crippen LogP contribution is -2.11. The Bertz CT molecular complexity index is 846. The minimum atomic E-state index is -0.0406. The highest BCUT2D eigenvalue weighted by Crippen LogP contribution is 2.22. The van der Waals surface area contributed by atoms with Gasteiger partial charge < -0.3 is 5.32 Å². The second-order valence-electron chi connectivity index (χ2n) is 5.17. The molecule has 1 N–H and O–H groups in total. The van der Waals surface area contributed by atoms with E-state index in [2.05, 4.69) is 22.4 Å². The van der Waals surface area contributed by atoms with Gasteiger partial charge in [0.1, 0.15) is 0 Å². The second-order valence-corrected chi connectivity index (χ2v) is 6.28. The van der Waals surface area contributed by atoms with Crippen LogP contribution in [0, 0.1) is 11.3 Å². The van der Waals surface area contributed by atoms with Gasteiger partial charge >= 0.3 is 0 Å². The fraction of sp³-hybridized carbons (Fsp3) is 0.167. The van der Waals surface area contributed by atoms with Crippen LogP contribution < -0.4 is 5.32 Å². The zero-order valence-electron chi connectivity index (χ0n) is 12.5. The number of fused-ring (bicyclic) bond motifs is 1. The number of carbonyl (C=O) groups excluding carboxylic acids is 1. The first-order chi connectivity index (χ1) is 11.2. The molecule has 0 aliphatic rings. The molecule has 5 heteroatoms. The van der Waals surface area contributed by atoms with Crippen LogP contribution in [-0.2, 0) is 11.2 Å². The maximum absolute atomic E-state index is 12.0. The summed E-state index contributed by atoms with van der Waals surface area (Å²) in [4.78, 5) is 16.5. The van der Waals surface area contributed by atoms with Gasteiger partial charge in [0.05, 0.1) is 26.9 Å². The van der Waals surface area contributed by atoms with Crippen molar-refractivity contribution < 1.29 is 4.79 Å². The van der Waals surface area contributed by atoms with E-state index < -0.39 is 0 Å². The molecule has 0 unspecified atom stereocenters. The van der Waals surface area contributed by atoms with E-state index in [-0.39, 0.29) is 5.91 Å². The highest BCUT2D eigenvalue weighted by atomic mass is 32.1. The second kappa shape index (κ2) is 7.03. The quantitative estimate of drug-likeness (QED) is 0.768. The van der Waals surface area contributed by atoms with Gasteiger partial charge in [-0.2, -0.15) is 5.26 Å². The molecule has 0 atom stereocenters. The van der Waals surface area contributed by atoms with Crippen LogP contribution in [0.3, 0.4) is 0 Å². The number of amides is 1. The topological polar surface area (TPSA) is 65.8 Å². The smallest absolute Gasteiger partial charge is 0.224 e. The molecular formula is C18H15N3OS. The minimum Gasteiger partial charge on any atom is -0.326 e. The summed E-state index contributed by atoms with van der Waals surface area (Å²) in [5.41, 5.74) is 2.22. The summed E-state index contributed by atoms with van der Waals surface area (Å²) in [5, 5.41) is 12.7. The molecule has 0 spiro atoms. The van der Waals surface area contributed by atoms with E-state index >= 15 is 0 Å². The molecule has 1 aromatic heterocycles. The average molecular weight is 321 g/mol. The van der Waals surface area contributed by atoms with Gasteiger partial charge in [0, 0.05) is 12.1 Å². The Hall–Kier alpha value is -2.71. The Morgan fingerprint density at radius 3 is 2.91 bits per heavy atom.